The monoisotopic (exact) mass is 507 g/mol. The Morgan fingerprint density at radius 2 is 1.75 bits per heavy atom. The van der Waals surface area contributed by atoms with E-state index < -0.39 is 27.4 Å². The number of nitrogens with zero attached hydrogens (tertiary/aromatic N) is 1. The summed E-state index contributed by atoms with van der Waals surface area (Å²) in [6, 6.07) is 14.8. The van der Waals surface area contributed by atoms with E-state index in [4.69, 9.17) is 0 Å². The molecule has 7 nitrogen and oxygen atoms in total. The van der Waals surface area contributed by atoms with Gasteiger partial charge in [0.15, 0.2) is 0 Å². The zero-order chi connectivity index (χ0) is 25.7. The van der Waals surface area contributed by atoms with Gasteiger partial charge in [0.2, 0.25) is 17.7 Å². The first-order valence-corrected chi connectivity index (χ1v) is 13.3. The second-order valence-electron chi connectivity index (χ2n) is 10.4. The van der Waals surface area contributed by atoms with Gasteiger partial charge in [-0.1, -0.05) is 48.5 Å². The molecule has 36 heavy (non-hydrogen) atoms. The first-order chi connectivity index (χ1) is 17.2. The summed E-state index contributed by atoms with van der Waals surface area (Å²) in [6.07, 6.45) is 1.44. The number of rotatable bonds is 7. The van der Waals surface area contributed by atoms with Crippen LogP contribution in [-0.4, -0.2) is 56.4 Å². The molecule has 3 saturated heterocycles. The highest BCUT2D eigenvalue weighted by Gasteiger charge is 2.77. The number of hydrogen-bond acceptors (Lipinski definition) is 5. The molecule has 190 valence electrons. The number of aliphatic hydroxyl groups is 1. The Labute approximate surface area is 216 Å². The Bertz CT molecular complexity index is 1180. The number of carbonyl (C=O) groups is 3. The molecule has 3 fully saturated rings. The van der Waals surface area contributed by atoms with Crippen LogP contribution in [0.3, 0.4) is 0 Å². The van der Waals surface area contributed by atoms with E-state index in [0.29, 0.717) is 13.0 Å². The highest BCUT2D eigenvalue weighted by molar-refractivity contribution is 8.02. The Kier molecular flexibility index (Phi) is 6.37. The molecular formula is C28H33N3O4S. The molecule has 0 aromatic heterocycles. The standard InChI is InChI=1S/C28H33N3O4S/c1-17-8-7-9-18(2)22(17)30-25(34)23-28-13-12-27(3,36-28)20(21(28)26(35)31(23)14-15-32)24(33)29-16-19-10-5-4-6-11-19/h4-11,20-21,23,32H,12-16H2,1-3H3,(H,29,33)(H,30,34)/t20-,21-,23?,27+,28?/m0/s1. The molecule has 0 radical (unpaired) electrons. The Morgan fingerprint density at radius 3 is 2.42 bits per heavy atom. The van der Waals surface area contributed by atoms with Crippen molar-refractivity contribution in [3.05, 3.63) is 65.2 Å². The molecule has 1 spiro atoms. The van der Waals surface area contributed by atoms with E-state index in [0.717, 1.165) is 28.8 Å². The molecule has 2 aromatic carbocycles. The average molecular weight is 508 g/mol. The summed E-state index contributed by atoms with van der Waals surface area (Å²) in [6.45, 7) is 6.16. The van der Waals surface area contributed by atoms with Crippen molar-refractivity contribution in [3.8, 4) is 0 Å². The molecule has 3 heterocycles. The first-order valence-electron chi connectivity index (χ1n) is 12.5. The molecule has 5 rings (SSSR count). The number of hydrogen-bond donors (Lipinski definition) is 3. The molecule has 3 aliphatic heterocycles. The highest BCUT2D eigenvalue weighted by atomic mass is 32.2. The van der Waals surface area contributed by atoms with Gasteiger partial charge < -0.3 is 20.6 Å². The van der Waals surface area contributed by atoms with Gasteiger partial charge in [-0.3, -0.25) is 14.4 Å². The van der Waals surface area contributed by atoms with Crippen LogP contribution in [0.2, 0.25) is 0 Å². The topological polar surface area (TPSA) is 98.7 Å². The van der Waals surface area contributed by atoms with Gasteiger partial charge in [-0.2, -0.15) is 0 Å². The minimum atomic E-state index is -0.750. The normalized spacial score (nSPS) is 30.4. The Balaban J connectivity index is 1.46. The molecule has 3 N–H and O–H groups in total. The number of para-hydroxylation sites is 1. The summed E-state index contributed by atoms with van der Waals surface area (Å²) in [4.78, 5) is 42.8. The fraction of sp³-hybridized carbons (Fsp3) is 0.464. The number of nitrogens with one attached hydrogen (secondary N) is 2. The third kappa shape index (κ3) is 3.82. The summed E-state index contributed by atoms with van der Waals surface area (Å²) in [5.41, 5.74) is 3.64. The maximum absolute atomic E-state index is 13.9. The van der Waals surface area contributed by atoms with Crippen LogP contribution >= 0.6 is 11.8 Å². The third-order valence-corrected chi connectivity index (χ3v) is 10.2. The van der Waals surface area contributed by atoms with E-state index >= 15 is 0 Å². The van der Waals surface area contributed by atoms with Crippen molar-refractivity contribution in [1.82, 2.24) is 10.2 Å². The number of fused-ring (bicyclic) bond motifs is 1. The maximum Gasteiger partial charge on any atom is 0.248 e. The largest absolute Gasteiger partial charge is 0.395 e. The van der Waals surface area contributed by atoms with Gasteiger partial charge in [0.05, 0.1) is 23.2 Å². The van der Waals surface area contributed by atoms with E-state index in [2.05, 4.69) is 17.6 Å². The van der Waals surface area contributed by atoms with E-state index in [1.165, 1.54) is 4.90 Å². The summed E-state index contributed by atoms with van der Waals surface area (Å²) in [5, 5.41) is 15.9. The number of β-amino-alcohol motifs (C(OH)–C–C–N with tert-alkyl or cyclic N) is 1. The van der Waals surface area contributed by atoms with Crippen LogP contribution in [-0.2, 0) is 20.9 Å². The van der Waals surface area contributed by atoms with Crippen LogP contribution in [0.5, 0.6) is 0 Å². The molecule has 3 aliphatic rings. The van der Waals surface area contributed by atoms with Crippen LogP contribution in [0.1, 0.15) is 36.5 Å². The van der Waals surface area contributed by atoms with Gasteiger partial charge in [0.1, 0.15) is 6.04 Å². The number of likely N-dealkylation sites (tertiary alicyclic amines) is 1. The summed E-state index contributed by atoms with van der Waals surface area (Å²) in [7, 11) is 0. The lowest BCUT2D eigenvalue weighted by molar-refractivity contribution is -0.140. The highest BCUT2D eigenvalue weighted by Crippen LogP contribution is 2.71. The van der Waals surface area contributed by atoms with E-state index in [1.807, 2.05) is 62.4 Å². The molecule has 2 aromatic rings. The zero-order valence-corrected chi connectivity index (χ0v) is 21.7. The van der Waals surface area contributed by atoms with Crippen molar-refractivity contribution >= 4 is 35.2 Å². The average Bonchev–Trinajstić information content (AvgIpc) is 3.42. The molecule has 8 heteroatoms. The van der Waals surface area contributed by atoms with Crippen molar-refractivity contribution in [1.29, 1.82) is 0 Å². The number of thioether (sulfide) groups is 1. The Hall–Kier alpha value is -2.84. The van der Waals surface area contributed by atoms with Crippen molar-refractivity contribution < 1.29 is 19.5 Å². The fourth-order valence-electron chi connectivity index (χ4n) is 6.57. The number of benzene rings is 2. The fourth-order valence-corrected chi connectivity index (χ4v) is 8.93. The van der Waals surface area contributed by atoms with Crippen LogP contribution in [0.25, 0.3) is 0 Å². The van der Waals surface area contributed by atoms with Crippen molar-refractivity contribution in [2.75, 3.05) is 18.5 Å². The van der Waals surface area contributed by atoms with Gasteiger partial charge in [0.25, 0.3) is 0 Å². The second-order valence-corrected chi connectivity index (χ2v) is 12.3. The predicted molar refractivity (Wildman–Crippen MR) is 140 cm³/mol. The first kappa shape index (κ1) is 24.8. The molecule has 0 aliphatic carbocycles. The smallest absolute Gasteiger partial charge is 0.248 e. The van der Waals surface area contributed by atoms with E-state index in [-0.39, 0.29) is 30.9 Å². The molecule has 2 bridgehead atoms. The maximum atomic E-state index is 13.9. The lowest BCUT2D eigenvalue weighted by Crippen LogP contribution is -2.52. The van der Waals surface area contributed by atoms with Crippen LogP contribution in [0.15, 0.2) is 48.5 Å². The SMILES string of the molecule is Cc1cccc(C)c1NC(=O)C1N(CCO)C(=O)[C@@H]2[C@@H](C(=O)NCc3ccccc3)[C@@]3(C)CCC12S3. The van der Waals surface area contributed by atoms with Gasteiger partial charge in [-0.05, 0) is 50.3 Å². The Morgan fingerprint density at radius 1 is 1.06 bits per heavy atom. The lowest BCUT2D eigenvalue weighted by atomic mass is 9.66. The van der Waals surface area contributed by atoms with Gasteiger partial charge in [0, 0.05) is 23.5 Å². The molecule has 3 amide bonds. The van der Waals surface area contributed by atoms with Gasteiger partial charge in [-0.25, -0.2) is 0 Å². The van der Waals surface area contributed by atoms with E-state index in [1.54, 1.807) is 11.8 Å². The number of aryl methyl sites for hydroxylation is 2. The number of anilines is 1. The van der Waals surface area contributed by atoms with Crippen molar-refractivity contribution in [2.24, 2.45) is 11.8 Å². The molecule has 5 atom stereocenters. The van der Waals surface area contributed by atoms with E-state index in [9.17, 15) is 19.5 Å². The zero-order valence-electron chi connectivity index (χ0n) is 20.9. The minimum Gasteiger partial charge on any atom is -0.395 e. The lowest BCUT2D eigenvalue weighted by Gasteiger charge is -2.35. The van der Waals surface area contributed by atoms with Crippen molar-refractivity contribution in [3.63, 3.8) is 0 Å². The van der Waals surface area contributed by atoms with Crippen LogP contribution in [0.4, 0.5) is 5.69 Å². The molecule has 0 saturated carbocycles. The third-order valence-electron chi connectivity index (χ3n) is 8.19. The summed E-state index contributed by atoms with van der Waals surface area (Å²) < 4.78 is -1.13. The quantitative estimate of drug-likeness (QED) is 0.535. The molecular weight excluding hydrogens is 474 g/mol. The summed E-state index contributed by atoms with van der Waals surface area (Å²) in [5.74, 6) is -1.74. The van der Waals surface area contributed by atoms with Crippen LogP contribution in [0, 0.1) is 25.7 Å². The number of amides is 3. The van der Waals surface area contributed by atoms with Crippen LogP contribution < -0.4 is 10.6 Å². The molecule has 2 unspecified atom stereocenters. The predicted octanol–water partition coefficient (Wildman–Crippen LogP) is 3.03. The second kappa shape index (κ2) is 9.23. The van der Waals surface area contributed by atoms with Gasteiger partial charge >= 0.3 is 0 Å². The van der Waals surface area contributed by atoms with Gasteiger partial charge in [-0.15, -0.1) is 11.8 Å². The number of aliphatic hydroxyl groups excluding tert-OH is 1. The number of carbonyl (C=O) groups excluding carboxylic acids is 3. The summed E-state index contributed by atoms with van der Waals surface area (Å²) >= 11 is 1.63. The van der Waals surface area contributed by atoms with Crippen molar-refractivity contribution in [2.45, 2.75) is 55.7 Å². The minimum absolute atomic E-state index is 0.0670.